The molecule has 3 aromatic rings. The monoisotopic (exact) mass is 391 g/mol. The standard InChI is InChI=1S/C23H22FN3O2/c1-16-11-13-27(14-12-16)23(28)18-4-2-3-17(15-18)21-9-10-22(26-25-21)29-20-7-5-19(24)6-8-20/h2-10,15-16H,11-14H2,1H3. The molecule has 0 saturated carbocycles. The van der Waals surface area contributed by atoms with Crippen LogP contribution in [0.25, 0.3) is 11.3 Å². The number of halogens is 1. The van der Waals surface area contributed by atoms with Crippen molar-refractivity contribution >= 4 is 5.91 Å². The summed E-state index contributed by atoms with van der Waals surface area (Å²) < 4.78 is 18.6. The molecule has 4 rings (SSSR count). The highest BCUT2D eigenvalue weighted by Gasteiger charge is 2.21. The minimum atomic E-state index is -0.327. The summed E-state index contributed by atoms with van der Waals surface area (Å²) in [7, 11) is 0. The average molecular weight is 391 g/mol. The van der Waals surface area contributed by atoms with E-state index >= 15 is 0 Å². The molecule has 0 atom stereocenters. The van der Waals surface area contributed by atoms with Gasteiger partial charge in [-0.15, -0.1) is 10.2 Å². The fourth-order valence-corrected chi connectivity index (χ4v) is 3.36. The Hall–Kier alpha value is -3.28. The number of amides is 1. The predicted octanol–water partition coefficient (Wildman–Crippen LogP) is 4.95. The third-order valence-corrected chi connectivity index (χ3v) is 5.15. The number of hydrogen-bond donors (Lipinski definition) is 0. The van der Waals surface area contributed by atoms with Crippen LogP contribution in [0.5, 0.6) is 11.6 Å². The third-order valence-electron chi connectivity index (χ3n) is 5.15. The first-order valence-electron chi connectivity index (χ1n) is 9.75. The number of carbonyl (C=O) groups is 1. The molecule has 0 aliphatic carbocycles. The molecule has 0 spiro atoms. The van der Waals surface area contributed by atoms with Gasteiger partial charge in [-0.1, -0.05) is 19.1 Å². The molecule has 1 saturated heterocycles. The maximum absolute atomic E-state index is 13.0. The number of likely N-dealkylation sites (tertiary alicyclic amines) is 1. The van der Waals surface area contributed by atoms with Gasteiger partial charge in [-0.2, -0.15) is 0 Å². The molecule has 1 amide bonds. The summed E-state index contributed by atoms with van der Waals surface area (Å²) in [4.78, 5) is 14.7. The molecule has 1 aliphatic rings. The normalized spacial score (nSPS) is 14.6. The number of benzene rings is 2. The lowest BCUT2D eigenvalue weighted by Gasteiger charge is -2.30. The Bertz CT molecular complexity index is 982. The van der Waals surface area contributed by atoms with Gasteiger partial charge in [-0.25, -0.2) is 4.39 Å². The summed E-state index contributed by atoms with van der Waals surface area (Å²) in [6.07, 6.45) is 2.10. The van der Waals surface area contributed by atoms with Crippen LogP contribution in [0, 0.1) is 11.7 Å². The minimum Gasteiger partial charge on any atom is -0.438 e. The van der Waals surface area contributed by atoms with Gasteiger partial charge in [0.25, 0.3) is 5.91 Å². The molecule has 6 heteroatoms. The van der Waals surface area contributed by atoms with E-state index in [4.69, 9.17) is 4.74 Å². The van der Waals surface area contributed by atoms with Crippen molar-refractivity contribution in [3.8, 4) is 22.9 Å². The van der Waals surface area contributed by atoms with Crippen LogP contribution in [0.4, 0.5) is 4.39 Å². The van der Waals surface area contributed by atoms with Crippen molar-refractivity contribution in [1.29, 1.82) is 0 Å². The minimum absolute atomic E-state index is 0.0583. The fourth-order valence-electron chi connectivity index (χ4n) is 3.36. The van der Waals surface area contributed by atoms with Crippen molar-refractivity contribution in [3.05, 3.63) is 72.0 Å². The summed E-state index contributed by atoms with van der Waals surface area (Å²) in [6.45, 7) is 3.84. The van der Waals surface area contributed by atoms with Gasteiger partial charge in [-0.05, 0) is 61.2 Å². The Balaban J connectivity index is 1.47. The van der Waals surface area contributed by atoms with Gasteiger partial charge in [0.2, 0.25) is 5.88 Å². The molecule has 1 fully saturated rings. The van der Waals surface area contributed by atoms with Crippen molar-refractivity contribution in [3.63, 3.8) is 0 Å². The Morgan fingerprint density at radius 2 is 1.79 bits per heavy atom. The molecule has 148 valence electrons. The van der Waals surface area contributed by atoms with Gasteiger partial charge < -0.3 is 9.64 Å². The summed E-state index contributed by atoms with van der Waals surface area (Å²) >= 11 is 0. The van der Waals surface area contributed by atoms with Crippen molar-refractivity contribution in [2.45, 2.75) is 19.8 Å². The molecule has 1 aliphatic heterocycles. The van der Waals surface area contributed by atoms with E-state index in [-0.39, 0.29) is 11.7 Å². The quantitative estimate of drug-likeness (QED) is 0.632. The third kappa shape index (κ3) is 4.59. The number of piperidine rings is 1. The number of hydrogen-bond acceptors (Lipinski definition) is 4. The van der Waals surface area contributed by atoms with Crippen molar-refractivity contribution < 1.29 is 13.9 Å². The molecule has 29 heavy (non-hydrogen) atoms. The second kappa shape index (κ2) is 8.39. The summed E-state index contributed by atoms with van der Waals surface area (Å²) in [6, 6.07) is 16.6. The molecule has 2 heterocycles. The molecule has 1 aromatic heterocycles. The largest absolute Gasteiger partial charge is 0.438 e. The van der Waals surface area contributed by atoms with E-state index in [1.807, 2.05) is 29.2 Å². The highest BCUT2D eigenvalue weighted by Crippen LogP contribution is 2.24. The van der Waals surface area contributed by atoms with Crippen LogP contribution in [0.3, 0.4) is 0 Å². The van der Waals surface area contributed by atoms with Crippen LogP contribution in [0.1, 0.15) is 30.1 Å². The summed E-state index contributed by atoms with van der Waals surface area (Å²) in [5.41, 5.74) is 2.13. The zero-order valence-electron chi connectivity index (χ0n) is 16.2. The van der Waals surface area contributed by atoms with Crippen LogP contribution in [0.2, 0.25) is 0 Å². The number of carbonyl (C=O) groups excluding carboxylic acids is 1. The molecule has 5 nitrogen and oxygen atoms in total. The number of ether oxygens (including phenoxy) is 1. The lowest BCUT2D eigenvalue weighted by Crippen LogP contribution is -2.37. The van der Waals surface area contributed by atoms with Gasteiger partial charge in [0.15, 0.2) is 0 Å². The van der Waals surface area contributed by atoms with Gasteiger partial charge in [-0.3, -0.25) is 4.79 Å². The van der Waals surface area contributed by atoms with Crippen LogP contribution >= 0.6 is 0 Å². The average Bonchev–Trinajstić information content (AvgIpc) is 2.76. The number of aromatic nitrogens is 2. The predicted molar refractivity (Wildman–Crippen MR) is 108 cm³/mol. The SMILES string of the molecule is CC1CCN(C(=O)c2cccc(-c3ccc(Oc4ccc(F)cc4)nn3)c2)CC1. The van der Waals surface area contributed by atoms with Crippen LogP contribution in [0.15, 0.2) is 60.7 Å². The maximum atomic E-state index is 13.0. The van der Waals surface area contributed by atoms with Gasteiger partial charge >= 0.3 is 0 Å². The maximum Gasteiger partial charge on any atom is 0.253 e. The first-order chi connectivity index (χ1) is 14.1. The molecule has 0 radical (unpaired) electrons. The Labute approximate surface area is 169 Å². The Morgan fingerprint density at radius 1 is 1.03 bits per heavy atom. The zero-order chi connectivity index (χ0) is 20.2. The van der Waals surface area contributed by atoms with E-state index in [1.54, 1.807) is 12.1 Å². The Kier molecular flexibility index (Phi) is 5.51. The lowest BCUT2D eigenvalue weighted by molar-refractivity contribution is 0.0697. The topological polar surface area (TPSA) is 55.3 Å². The Morgan fingerprint density at radius 3 is 2.48 bits per heavy atom. The van der Waals surface area contributed by atoms with Crippen molar-refractivity contribution in [2.24, 2.45) is 5.92 Å². The van der Waals surface area contributed by atoms with Crippen molar-refractivity contribution in [1.82, 2.24) is 15.1 Å². The first kappa shape index (κ1) is 19.1. The van der Waals surface area contributed by atoms with Gasteiger partial charge in [0.05, 0.1) is 5.69 Å². The molecule has 2 aromatic carbocycles. The number of rotatable bonds is 4. The van der Waals surface area contributed by atoms with Gasteiger partial charge in [0.1, 0.15) is 11.6 Å². The van der Waals surface area contributed by atoms with E-state index in [2.05, 4.69) is 17.1 Å². The van der Waals surface area contributed by atoms with Crippen LogP contribution in [-0.2, 0) is 0 Å². The van der Waals surface area contributed by atoms with E-state index in [9.17, 15) is 9.18 Å². The smallest absolute Gasteiger partial charge is 0.253 e. The van der Waals surface area contributed by atoms with Crippen LogP contribution < -0.4 is 4.74 Å². The number of nitrogens with zero attached hydrogens (tertiary/aromatic N) is 3. The molecular weight excluding hydrogens is 369 g/mol. The van der Waals surface area contributed by atoms with Crippen LogP contribution in [-0.4, -0.2) is 34.1 Å². The first-order valence-corrected chi connectivity index (χ1v) is 9.75. The lowest BCUT2D eigenvalue weighted by atomic mass is 9.98. The van der Waals surface area contributed by atoms with E-state index in [0.717, 1.165) is 31.5 Å². The molecular formula is C23H22FN3O2. The highest BCUT2D eigenvalue weighted by atomic mass is 19.1. The summed E-state index contributed by atoms with van der Waals surface area (Å²) in [5, 5.41) is 8.30. The van der Waals surface area contributed by atoms with Gasteiger partial charge in [0, 0.05) is 30.3 Å². The van der Waals surface area contributed by atoms with E-state index in [0.29, 0.717) is 28.8 Å². The fraction of sp³-hybridized carbons (Fsp3) is 0.261. The molecule has 0 bridgehead atoms. The summed E-state index contributed by atoms with van der Waals surface area (Å²) in [5.74, 6) is 1.21. The molecule has 0 unspecified atom stereocenters. The molecule has 0 N–H and O–H groups in total. The second-order valence-corrected chi connectivity index (χ2v) is 7.37. The van der Waals surface area contributed by atoms with E-state index < -0.39 is 0 Å². The second-order valence-electron chi connectivity index (χ2n) is 7.37. The zero-order valence-corrected chi connectivity index (χ0v) is 16.2. The highest BCUT2D eigenvalue weighted by molar-refractivity contribution is 5.95. The van der Waals surface area contributed by atoms with Crippen molar-refractivity contribution in [2.75, 3.05) is 13.1 Å². The van der Waals surface area contributed by atoms with E-state index in [1.165, 1.54) is 24.3 Å².